The zero-order valence-electron chi connectivity index (χ0n) is 9.61. The van der Waals surface area contributed by atoms with Crippen molar-refractivity contribution < 1.29 is 19.4 Å². The Bertz CT molecular complexity index is 227. The molecule has 0 aliphatic carbocycles. The third-order valence-electron chi connectivity index (χ3n) is 2.19. The van der Waals surface area contributed by atoms with Crippen LogP contribution in [-0.4, -0.2) is 36.7 Å². The van der Waals surface area contributed by atoms with Gasteiger partial charge in [0.2, 0.25) is 0 Å². The van der Waals surface area contributed by atoms with Gasteiger partial charge in [-0.1, -0.05) is 20.8 Å². The van der Waals surface area contributed by atoms with Crippen LogP contribution in [0, 0.1) is 11.8 Å². The molecule has 5 nitrogen and oxygen atoms in total. The van der Waals surface area contributed by atoms with Gasteiger partial charge in [-0.05, 0) is 5.92 Å². The van der Waals surface area contributed by atoms with Gasteiger partial charge in [-0.25, -0.2) is 0 Å². The van der Waals surface area contributed by atoms with E-state index in [9.17, 15) is 9.59 Å². The summed E-state index contributed by atoms with van der Waals surface area (Å²) in [6.45, 7) is 5.59. The predicted octanol–water partition coefficient (Wildman–Crippen LogP) is 0.494. The standard InChI is InChI=1S/C10H19NO4/c1-6(2)8(10(14)15-4)11-5-7(3)9(12)13/h6-8,11H,5H2,1-4H3,(H,12,13). The molecule has 2 unspecified atom stereocenters. The van der Waals surface area contributed by atoms with E-state index in [0.717, 1.165) is 0 Å². The van der Waals surface area contributed by atoms with Gasteiger partial charge in [0.25, 0.3) is 0 Å². The number of hydrogen-bond donors (Lipinski definition) is 2. The maximum Gasteiger partial charge on any atom is 0.323 e. The molecule has 88 valence electrons. The van der Waals surface area contributed by atoms with Gasteiger partial charge in [-0.3, -0.25) is 9.59 Å². The van der Waals surface area contributed by atoms with Crippen molar-refractivity contribution in [2.24, 2.45) is 11.8 Å². The van der Waals surface area contributed by atoms with E-state index < -0.39 is 17.9 Å². The molecule has 0 heterocycles. The van der Waals surface area contributed by atoms with Crippen LogP contribution >= 0.6 is 0 Å². The van der Waals surface area contributed by atoms with E-state index in [2.05, 4.69) is 10.1 Å². The molecule has 0 spiro atoms. The van der Waals surface area contributed by atoms with Crippen LogP contribution in [0.4, 0.5) is 0 Å². The molecule has 0 aliphatic rings. The van der Waals surface area contributed by atoms with Gasteiger partial charge < -0.3 is 15.2 Å². The number of carbonyl (C=O) groups is 2. The summed E-state index contributed by atoms with van der Waals surface area (Å²) in [6, 6.07) is -0.447. The second-order valence-electron chi connectivity index (χ2n) is 3.89. The fourth-order valence-electron chi connectivity index (χ4n) is 1.11. The van der Waals surface area contributed by atoms with Crippen LogP contribution in [-0.2, 0) is 14.3 Å². The van der Waals surface area contributed by atoms with Crippen LogP contribution < -0.4 is 5.32 Å². The summed E-state index contributed by atoms with van der Waals surface area (Å²) in [4.78, 5) is 21.9. The van der Waals surface area contributed by atoms with Crippen LogP contribution in [0.2, 0.25) is 0 Å². The first-order valence-corrected chi connectivity index (χ1v) is 4.94. The van der Waals surface area contributed by atoms with Gasteiger partial charge in [-0.2, -0.15) is 0 Å². The SMILES string of the molecule is COC(=O)C(NCC(C)C(=O)O)C(C)C. The van der Waals surface area contributed by atoms with E-state index in [1.165, 1.54) is 7.11 Å². The van der Waals surface area contributed by atoms with Crippen LogP contribution in [0.5, 0.6) is 0 Å². The smallest absolute Gasteiger partial charge is 0.323 e. The minimum atomic E-state index is -0.880. The Morgan fingerprint density at radius 3 is 2.20 bits per heavy atom. The first-order chi connectivity index (χ1) is 6.90. The van der Waals surface area contributed by atoms with Crippen molar-refractivity contribution in [3.8, 4) is 0 Å². The molecule has 5 heteroatoms. The Hall–Kier alpha value is -1.10. The number of esters is 1. The fraction of sp³-hybridized carbons (Fsp3) is 0.800. The summed E-state index contributed by atoms with van der Waals surface area (Å²) in [5, 5.41) is 11.6. The quantitative estimate of drug-likeness (QED) is 0.633. The molecule has 0 amide bonds. The molecule has 0 aromatic rings. The Kier molecular flexibility index (Phi) is 5.93. The van der Waals surface area contributed by atoms with Crippen molar-refractivity contribution in [3.63, 3.8) is 0 Å². The molecule has 0 saturated heterocycles. The highest BCUT2D eigenvalue weighted by molar-refractivity contribution is 5.76. The molecule has 0 aliphatic heterocycles. The summed E-state index contributed by atoms with van der Waals surface area (Å²) >= 11 is 0. The van der Waals surface area contributed by atoms with Gasteiger partial charge in [0.1, 0.15) is 6.04 Å². The van der Waals surface area contributed by atoms with E-state index >= 15 is 0 Å². The number of aliphatic carboxylic acids is 1. The van der Waals surface area contributed by atoms with Crippen molar-refractivity contribution in [1.82, 2.24) is 5.32 Å². The Labute approximate surface area is 89.8 Å². The summed E-state index contributed by atoms with van der Waals surface area (Å²) in [5.41, 5.74) is 0. The van der Waals surface area contributed by atoms with E-state index in [0.29, 0.717) is 0 Å². The molecule has 0 fully saturated rings. The Morgan fingerprint density at radius 1 is 1.33 bits per heavy atom. The minimum Gasteiger partial charge on any atom is -0.481 e. The zero-order chi connectivity index (χ0) is 12.0. The summed E-state index contributed by atoms with van der Waals surface area (Å²) in [5.74, 6) is -1.69. The lowest BCUT2D eigenvalue weighted by atomic mass is 10.0. The second kappa shape index (κ2) is 6.40. The minimum absolute atomic E-state index is 0.0680. The predicted molar refractivity (Wildman–Crippen MR) is 55.4 cm³/mol. The van der Waals surface area contributed by atoms with Crippen molar-refractivity contribution in [3.05, 3.63) is 0 Å². The number of rotatable bonds is 6. The molecule has 0 saturated carbocycles. The highest BCUT2D eigenvalue weighted by Crippen LogP contribution is 2.04. The topological polar surface area (TPSA) is 75.6 Å². The molecule has 0 rings (SSSR count). The first kappa shape index (κ1) is 13.9. The zero-order valence-corrected chi connectivity index (χ0v) is 9.61. The van der Waals surface area contributed by atoms with Crippen LogP contribution in [0.25, 0.3) is 0 Å². The fourth-order valence-corrected chi connectivity index (χ4v) is 1.11. The maximum atomic E-state index is 11.3. The van der Waals surface area contributed by atoms with Gasteiger partial charge in [0.05, 0.1) is 13.0 Å². The largest absolute Gasteiger partial charge is 0.481 e. The number of carboxylic acids is 1. The highest BCUT2D eigenvalue weighted by atomic mass is 16.5. The number of nitrogens with one attached hydrogen (secondary N) is 1. The van der Waals surface area contributed by atoms with Gasteiger partial charge in [0.15, 0.2) is 0 Å². The highest BCUT2D eigenvalue weighted by Gasteiger charge is 2.23. The van der Waals surface area contributed by atoms with Crippen molar-refractivity contribution in [2.75, 3.05) is 13.7 Å². The van der Waals surface area contributed by atoms with Crippen molar-refractivity contribution in [1.29, 1.82) is 0 Å². The number of ether oxygens (including phenoxy) is 1. The molecule has 2 atom stereocenters. The number of carboxylic acid groups (broad SMARTS) is 1. The molecule has 0 aromatic heterocycles. The lowest BCUT2D eigenvalue weighted by Gasteiger charge is -2.20. The van der Waals surface area contributed by atoms with Gasteiger partial charge in [-0.15, -0.1) is 0 Å². The van der Waals surface area contributed by atoms with Crippen molar-refractivity contribution in [2.45, 2.75) is 26.8 Å². The van der Waals surface area contributed by atoms with Crippen LogP contribution in [0.15, 0.2) is 0 Å². The van der Waals surface area contributed by atoms with E-state index in [4.69, 9.17) is 5.11 Å². The molecule has 0 radical (unpaired) electrons. The molecule has 2 N–H and O–H groups in total. The number of hydrogen-bond acceptors (Lipinski definition) is 4. The van der Waals surface area contributed by atoms with Gasteiger partial charge >= 0.3 is 11.9 Å². The van der Waals surface area contributed by atoms with E-state index in [1.807, 2.05) is 13.8 Å². The lowest BCUT2D eigenvalue weighted by Crippen LogP contribution is -2.44. The van der Waals surface area contributed by atoms with Crippen LogP contribution in [0.1, 0.15) is 20.8 Å². The maximum absolute atomic E-state index is 11.3. The summed E-state index contributed by atoms with van der Waals surface area (Å²) < 4.78 is 4.62. The number of carbonyl (C=O) groups excluding carboxylic acids is 1. The average Bonchev–Trinajstić information content (AvgIpc) is 2.16. The molecular weight excluding hydrogens is 198 g/mol. The molecular formula is C10H19NO4. The molecule has 0 bridgehead atoms. The van der Waals surface area contributed by atoms with E-state index in [-0.39, 0.29) is 18.4 Å². The third-order valence-corrected chi connectivity index (χ3v) is 2.19. The van der Waals surface area contributed by atoms with Crippen LogP contribution in [0.3, 0.4) is 0 Å². The first-order valence-electron chi connectivity index (χ1n) is 4.94. The lowest BCUT2D eigenvalue weighted by molar-refractivity contribution is -0.146. The normalized spacial score (nSPS) is 14.7. The van der Waals surface area contributed by atoms with E-state index in [1.54, 1.807) is 6.92 Å². The summed E-state index contributed by atoms with van der Waals surface area (Å²) in [6.07, 6.45) is 0. The molecule has 15 heavy (non-hydrogen) atoms. The second-order valence-corrected chi connectivity index (χ2v) is 3.89. The monoisotopic (exact) mass is 217 g/mol. The van der Waals surface area contributed by atoms with Crippen molar-refractivity contribution >= 4 is 11.9 Å². The number of methoxy groups -OCH3 is 1. The average molecular weight is 217 g/mol. The van der Waals surface area contributed by atoms with Gasteiger partial charge in [0, 0.05) is 6.54 Å². The summed E-state index contributed by atoms with van der Waals surface area (Å²) in [7, 11) is 1.32. The molecule has 0 aromatic carbocycles. The Balaban J connectivity index is 4.19. The Morgan fingerprint density at radius 2 is 1.87 bits per heavy atom. The third kappa shape index (κ3) is 4.78.